The summed E-state index contributed by atoms with van der Waals surface area (Å²) in [7, 11) is 3.34. The minimum Gasteiger partial charge on any atom is -0.497 e. The number of nitrogens with one attached hydrogen (secondary N) is 1. The molecule has 0 aromatic heterocycles. The fourth-order valence-corrected chi connectivity index (χ4v) is 2.77. The fourth-order valence-electron chi connectivity index (χ4n) is 2.77. The lowest BCUT2D eigenvalue weighted by molar-refractivity contribution is 0.284. The number of benzene rings is 3. The van der Waals surface area contributed by atoms with Gasteiger partial charge in [-0.15, -0.1) is 12.4 Å². The normalized spacial score (nSPS) is 10.1. The molecule has 0 spiro atoms. The molecule has 4 nitrogen and oxygen atoms in total. The van der Waals surface area contributed by atoms with Gasteiger partial charge in [-0.3, -0.25) is 0 Å². The van der Waals surface area contributed by atoms with Gasteiger partial charge in [0.25, 0.3) is 0 Å². The minimum atomic E-state index is 0. The van der Waals surface area contributed by atoms with Crippen LogP contribution < -0.4 is 19.5 Å². The zero-order chi connectivity index (χ0) is 18.9. The number of halogens is 1. The molecule has 3 aromatic rings. The quantitative estimate of drug-likeness (QED) is 0.550. The predicted octanol–water partition coefficient (Wildman–Crippen LogP) is 4.99. The largest absolute Gasteiger partial charge is 0.497 e. The van der Waals surface area contributed by atoms with Gasteiger partial charge in [0.05, 0.1) is 14.2 Å². The number of rotatable bonds is 9. The molecule has 28 heavy (non-hydrogen) atoms. The van der Waals surface area contributed by atoms with Crippen LogP contribution in [-0.2, 0) is 19.7 Å². The van der Waals surface area contributed by atoms with Crippen LogP contribution in [0.25, 0.3) is 0 Å². The summed E-state index contributed by atoms with van der Waals surface area (Å²) in [5.74, 6) is 2.37. The highest BCUT2D eigenvalue weighted by Crippen LogP contribution is 2.29. The van der Waals surface area contributed by atoms with E-state index in [2.05, 4.69) is 23.5 Å². The molecule has 0 saturated heterocycles. The molecule has 0 bridgehead atoms. The molecule has 3 aromatic carbocycles. The Kier molecular flexibility index (Phi) is 8.66. The van der Waals surface area contributed by atoms with Crippen LogP contribution in [0.4, 0.5) is 0 Å². The van der Waals surface area contributed by atoms with E-state index in [0.29, 0.717) is 6.61 Å². The SMILES string of the molecule is COc1ccc(CNCc2ccc(OCc3ccccc3)c(OC)c2)cc1.Cl. The molecule has 3 rings (SSSR count). The van der Waals surface area contributed by atoms with Crippen LogP contribution in [-0.4, -0.2) is 14.2 Å². The third-order valence-electron chi connectivity index (χ3n) is 4.28. The van der Waals surface area contributed by atoms with E-state index in [1.54, 1.807) is 14.2 Å². The van der Waals surface area contributed by atoms with Gasteiger partial charge in [0.2, 0.25) is 0 Å². The fraction of sp³-hybridized carbons (Fsp3) is 0.217. The Hall–Kier alpha value is -2.69. The molecule has 0 unspecified atom stereocenters. The molecule has 0 atom stereocenters. The van der Waals surface area contributed by atoms with E-state index in [0.717, 1.165) is 41.5 Å². The van der Waals surface area contributed by atoms with Crippen LogP contribution in [0.5, 0.6) is 17.2 Å². The molecule has 5 heteroatoms. The molecule has 0 aliphatic rings. The van der Waals surface area contributed by atoms with Gasteiger partial charge in [0, 0.05) is 13.1 Å². The number of methoxy groups -OCH3 is 2. The third-order valence-corrected chi connectivity index (χ3v) is 4.28. The molecule has 0 aliphatic carbocycles. The summed E-state index contributed by atoms with van der Waals surface area (Å²) in [6, 6.07) is 24.2. The van der Waals surface area contributed by atoms with E-state index < -0.39 is 0 Å². The highest BCUT2D eigenvalue weighted by molar-refractivity contribution is 5.85. The molecule has 0 heterocycles. The first kappa shape index (κ1) is 21.6. The van der Waals surface area contributed by atoms with Crippen molar-refractivity contribution in [3.05, 3.63) is 89.5 Å². The lowest BCUT2D eigenvalue weighted by atomic mass is 10.1. The maximum absolute atomic E-state index is 5.91. The Bertz CT molecular complexity index is 838. The summed E-state index contributed by atoms with van der Waals surface area (Å²) in [4.78, 5) is 0. The number of hydrogen-bond donors (Lipinski definition) is 1. The number of hydrogen-bond acceptors (Lipinski definition) is 4. The summed E-state index contributed by atoms with van der Waals surface area (Å²) in [5, 5.41) is 3.45. The highest BCUT2D eigenvalue weighted by Gasteiger charge is 2.06. The molecule has 0 aliphatic heterocycles. The zero-order valence-electron chi connectivity index (χ0n) is 16.2. The van der Waals surface area contributed by atoms with Gasteiger partial charge in [-0.05, 0) is 41.0 Å². The van der Waals surface area contributed by atoms with Crippen LogP contribution in [0.3, 0.4) is 0 Å². The second kappa shape index (κ2) is 11.2. The Morgan fingerprint density at radius 3 is 2.04 bits per heavy atom. The smallest absolute Gasteiger partial charge is 0.161 e. The first-order valence-electron chi connectivity index (χ1n) is 8.96. The van der Waals surface area contributed by atoms with E-state index in [1.807, 2.05) is 54.6 Å². The number of ether oxygens (including phenoxy) is 3. The van der Waals surface area contributed by atoms with E-state index >= 15 is 0 Å². The van der Waals surface area contributed by atoms with Crippen LogP contribution in [0, 0.1) is 0 Å². The first-order chi connectivity index (χ1) is 13.3. The molecular formula is C23H26ClNO3. The van der Waals surface area contributed by atoms with Gasteiger partial charge in [0.1, 0.15) is 12.4 Å². The monoisotopic (exact) mass is 399 g/mol. The van der Waals surface area contributed by atoms with E-state index in [4.69, 9.17) is 14.2 Å². The van der Waals surface area contributed by atoms with Crippen molar-refractivity contribution < 1.29 is 14.2 Å². The molecule has 0 amide bonds. The lowest BCUT2D eigenvalue weighted by Crippen LogP contribution is -2.12. The second-order valence-electron chi connectivity index (χ2n) is 6.21. The van der Waals surface area contributed by atoms with Gasteiger partial charge >= 0.3 is 0 Å². The Morgan fingerprint density at radius 1 is 0.679 bits per heavy atom. The highest BCUT2D eigenvalue weighted by atomic mass is 35.5. The Labute approximate surface area is 172 Å². The van der Waals surface area contributed by atoms with E-state index in [9.17, 15) is 0 Å². The maximum Gasteiger partial charge on any atom is 0.161 e. The molecule has 148 valence electrons. The van der Waals surface area contributed by atoms with Crippen LogP contribution in [0.1, 0.15) is 16.7 Å². The van der Waals surface area contributed by atoms with Crippen LogP contribution in [0.15, 0.2) is 72.8 Å². The predicted molar refractivity (Wildman–Crippen MR) is 115 cm³/mol. The van der Waals surface area contributed by atoms with Crippen molar-refractivity contribution >= 4 is 12.4 Å². The van der Waals surface area contributed by atoms with E-state index in [-0.39, 0.29) is 12.4 Å². The minimum absolute atomic E-state index is 0. The van der Waals surface area contributed by atoms with Crippen molar-refractivity contribution in [2.45, 2.75) is 19.7 Å². The average Bonchev–Trinajstić information content (AvgIpc) is 2.74. The van der Waals surface area contributed by atoms with Crippen molar-refractivity contribution in [3.63, 3.8) is 0 Å². The first-order valence-corrected chi connectivity index (χ1v) is 8.96. The Morgan fingerprint density at radius 2 is 1.36 bits per heavy atom. The Balaban J connectivity index is 0.00000280. The van der Waals surface area contributed by atoms with Crippen molar-refractivity contribution in [3.8, 4) is 17.2 Å². The van der Waals surface area contributed by atoms with Crippen molar-refractivity contribution in [1.82, 2.24) is 5.32 Å². The zero-order valence-corrected chi connectivity index (χ0v) is 17.0. The molecule has 0 fully saturated rings. The van der Waals surface area contributed by atoms with Gasteiger partial charge in [0.15, 0.2) is 11.5 Å². The lowest BCUT2D eigenvalue weighted by Gasteiger charge is -2.13. The second-order valence-corrected chi connectivity index (χ2v) is 6.21. The van der Waals surface area contributed by atoms with Crippen LogP contribution >= 0.6 is 12.4 Å². The topological polar surface area (TPSA) is 39.7 Å². The third kappa shape index (κ3) is 6.19. The van der Waals surface area contributed by atoms with Gasteiger partial charge in [-0.1, -0.05) is 48.5 Å². The van der Waals surface area contributed by atoms with Gasteiger partial charge < -0.3 is 19.5 Å². The molecule has 0 saturated carbocycles. The molecule has 0 radical (unpaired) electrons. The summed E-state index contributed by atoms with van der Waals surface area (Å²) in [6.45, 7) is 2.06. The van der Waals surface area contributed by atoms with E-state index in [1.165, 1.54) is 5.56 Å². The summed E-state index contributed by atoms with van der Waals surface area (Å²) >= 11 is 0. The average molecular weight is 400 g/mol. The molecule has 1 N–H and O–H groups in total. The van der Waals surface area contributed by atoms with Crippen molar-refractivity contribution in [2.24, 2.45) is 0 Å². The summed E-state index contributed by atoms with van der Waals surface area (Å²) < 4.78 is 16.6. The van der Waals surface area contributed by atoms with Crippen LogP contribution in [0.2, 0.25) is 0 Å². The maximum atomic E-state index is 5.91. The molecular weight excluding hydrogens is 374 g/mol. The summed E-state index contributed by atoms with van der Waals surface area (Å²) in [6.07, 6.45) is 0. The van der Waals surface area contributed by atoms with Gasteiger partial charge in [-0.25, -0.2) is 0 Å². The van der Waals surface area contributed by atoms with Crippen molar-refractivity contribution in [1.29, 1.82) is 0 Å². The van der Waals surface area contributed by atoms with Gasteiger partial charge in [-0.2, -0.15) is 0 Å². The van der Waals surface area contributed by atoms with Crippen molar-refractivity contribution in [2.75, 3.05) is 14.2 Å². The summed E-state index contributed by atoms with van der Waals surface area (Å²) in [5.41, 5.74) is 3.49. The standard InChI is InChI=1S/C23H25NO3.ClH/c1-25-21-11-8-18(9-12-21)15-24-16-20-10-13-22(23(14-20)26-2)27-17-19-6-4-3-5-7-19;/h3-14,24H,15-17H2,1-2H3;1H.